The number of nitrogens with zero attached hydrogens (tertiary/aromatic N) is 3. The van der Waals surface area contributed by atoms with E-state index in [1.54, 1.807) is 24.3 Å². The Hall–Kier alpha value is -2.27. The maximum absolute atomic E-state index is 12.2. The van der Waals surface area contributed by atoms with E-state index in [0.29, 0.717) is 16.3 Å². The van der Waals surface area contributed by atoms with Crippen molar-refractivity contribution in [2.75, 3.05) is 18.4 Å². The number of nitrogens with one attached hydrogen (secondary N) is 1. The standard InChI is InChI=1S/C18H20N4O2S/c1-12-8-22(9-13(2)24-12)10-16-11-25-18(20-16)21-17(23)15-5-3-14(7-19)4-6-15/h3-6,11-13H,8-10H2,1-2H3,(H,20,21,23). The smallest absolute Gasteiger partial charge is 0.257 e. The summed E-state index contributed by atoms with van der Waals surface area (Å²) in [6.45, 7) is 6.67. The summed E-state index contributed by atoms with van der Waals surface area (Å²) in [4.78, 5) is 19.1. The van der Waals surface area contributed by atoms with Gasteiger partial charge in [-0.1, -0.05) is 0 Å². The van der Waals surface area contributed by atoms with Gasteiger partial charge in [0.15, 0.2) is 5.13 Å². The molecule has 6 nitrogen and oxygen atoms in total. The highest BCUT2D eigenvalue weighted by Crippen LogP contribution is 2.20. The molecule has 0 spiro atoms. The second-order valence-corrected chi connectivity index (χ2v) is 7.10. The summed E-state index contributed by atoms with van der Waals surface area (Å²) < 4.78 is 5.74. The molecule has 1 aliphatic rings. The lowest BCUT2D eigenvalue weighted by Crippen LogP contribution is -2.44. The van der Waals surface area contributed by atoms with Gasteiger partial charge >= 0.3 is 0 Å². The molecule has 1 fully saturated rings. The quantitative estimate of drug-likeness (QED) is 0.911. The van der Waals surface area contributed by atoms with E-state index in [1.165, 1.54) is 11.3 Å². The van der Waals surface area contributed by atoms with Crippen LogP contribution in [0.15, 0.2) is 29.6 Å². The first kappa shape index (κ1) is 17.5. The van der Waals surface area contributed by atoms with Crippen molar-refractivity contribution in [3.05, 3.63) is 46.5 Å². The lowest BCUT2D eigenvalue weighted by molar-refractivity contribution is -0.0707. The molecule has 1 aromatic heterocycles. The highest BCUT2D eigenvalue weighted by molar-refractivity contribution is 7.13. The second-order valence-electron chi connectivity index (χ2n) is 6.24. The van der Waals surface area contributed by atoms with Gasteiger partial charge in [0, 0.05) is 30.6 Å². The molecule has 2 unspecified atom stereocenters. The Bertz CT molecular complexity index is 771. The number of benzene rings is 1. The number of hydrogen-bond donors (Lipinski definition) is 1. The molecular weight excluding hydrogens is 336 g/mol. The minimum absolute atomic E-state index is 0.220. The summed E-state index contributed by atoms with van der Waals surface area (Å²) in [5.74, 6) is -0.223. The van der Waals surface area contributed by atoms with E-state index in [9.17, 15) is 4.79 Å². The zero-order valence-corrected chi connectivity index (χ0v) is 15.0. The summed E-state index contributed by atoms with van der Waals surface area (Å²) in [6, 6.07) is 8.57. The normalized spacial score (nSPS) is 20.8. The van der Waals surface area contributed by atoms with E-state index in [2.05, 4.69) is 29.0 Å². The first-order valence-corrected chi connectivity index (χ1v) is 9.05. The minimum Gasteiger partial charge on any atom is -0.373 e. The number of thiazole rings is 1. The molecule has 2 aromatic rings. The summed E-state index contributed by atoms with van der Waals surface area (Å²) in [5.41, 5.74) is 1.98. The number of nitriles is 1. The first-order chi connectivity index (χ1) is 12.0. The van der Waals surface area contributed by atoms with E-state index < -0.39 is 0 Å². The van der Waals surface area contributed by atoms with Gasteiger partial charge in [0.25, 0.3) is 5.91 Å². The van der Waals surface area contributed by atoms with Gasteiger partial charge < -0.3 is 4.74 Å². The SMILES string of the molecule is CC1CN(Cc2csc(NC(=O)c3ccc(C#N)cc3)n2)CC(C)O1. The molecule has 2 heterocycles. The van der Waals surface area contributed by atoms with Gasteiger partial charge in [-0.25, -0.2) is 4.98 Å². The van der Waals surface area contributed by atoms with E-state index in [0.717, 1.165) is 25.3 Å². The number of aromatic nitrogens is 1. The van der Waals surface area contributed by atoms with Crippen LogP contribution in [0.4, 0.5) is 5.13 Å². The van der Waals surface area contributed by atoms with Crippen molar-refractivity contribution in [3.8, 4) is 6.07 Å². The predicted molar refractivity (Wildman–Crippen MR) is 96.5 cm³/mol. The maximum Gasteiger partial charge on any atom is 0.257 e. The van der Waals surface area contributed by atoms with Crippen LogP contribution in [0.3, 0.4) is 0 Å². The molecule has 1 saturated heterocycles. The van der Waals surface area contributed by atoms with Crippen LogP contribution < -0.4 is 5.32 Å². The largest absolute Gasteiger partial charge is 0.373 e. The number of amides is 1. The molecule has 1 amide bonds. The lowest BCUT2D eigenvalue weighted by atomic mass is 10.1. The highest BCUT2D eigenvalue weighted by atomic mass is 32.1. The van der Waals surface area contributed by atoms with Crippen molar-refractivity contribution < 1.29 is 9.53 Å². The molecule has 7 heteroatoms. The average Bonchev–Trinajstić information content (AvgIpc) is 3.00. The van der Waals surface area contributed by atoms with E-state index >= 15 is 0 Å². The molecule has 0 saturated carbocycles. The van der Waals surface area contributed by atoms with Gasteiger partial charge in [-0.3, -0.25) is 15.0 Å². The molecule has 1 aromatic carbocycles. The van der Waals surface area contributed by atoms with E-state index in [-0.39, 0.29) is 18.1 Å². The van der Waals surface area contributed by atoms with Gasteiger partial charge in [-0.2, -0.15) is 5.26 Å². The van der Waals surface area contributed by atoms with Crippen molar-refractivity contribution in [2.45, 2.75) is 32.6 Å². The molecule has 0 bridgehead atoms. The summed E-state index contributed by atoms with van der Waals surface area (Å²) in [5, 5.41) is 14.2. The molecule has 25 heavy (non-hydrogen) atoms. The Labute approximate surface area is 151 Å². The zero-order chi connectivity index (χ0) is 17.8. The first-order valence-electron chi connectivity index (χ1n) is 8.17. The van der Waals surface area contributed by atoms with Crippen LogP contribution in [-0.4, -0.2) is 41.1 Å². The predicted octanol–water partition coefficient (Wildman–Crippen LogP) is 2.88. The minimum atomic E-state index is -0.223. The highest BCUT2D eigenvalue weighted by Gasteiger charge is 2.22. The Morgan fingerprint density at radius 1 is 1.36 bits per heavy atom. The third kappa shape index (κ3) is 4.63. The number of carbonyl (C=O) groups is 1. The number of rotatable bonds is 4. The molecule has 0 aliphatic carbocycles. The van der Waals surface area contributed by atoms with Gasteiger partial charge in [-0.05, 0) is 38.1 Å². The zero-order valence-electron chi connectivity index (χ0n) is 14.2. The van der Waals surface area contributed by atoms with E-state index in [4.69, 9.17) is 10.00 Å². The summed E-state index contributed by atoms with van der Waals surface area (Å²) in [6.07, 6.45) is 0.441. The third-order valence-corrected chi connectivity index (χ3v) is 4.74. The number of morpholine rings is 1. The molecule has 130 valence electrons. The van der Waals surface area contributed by atoms with Crippen molar-refractivity contribution in [1.82, 2.24) is 9.88 Å². The molecule has 1 N–H and O–H groups in total. The maximum atomic E-state index is 12.2. The van der Waals surface area contributed by atoms with Gasteiger partial charge in [0.05, 0.1) is 29.5 Å². The fraction of sp³-hybridized carbons (Fsp3) is 0.389. The molecule has 2 atom stereocenters. The second kappa shape index (κ2) is 7.74. The Morgan fingerprint density at radius 2 is 2.04 bits per heavy atom. The molecule has 3 rings (SSSR count). The Kier molecular flexibility index (Phi) is 5.43. The summed E-state index contributed by atoms with van der Waals surface area (Å²) >= 11 is 1.42. The van der Waals surface area contributed by atoms with Gasteiger partial charge in [0.1, 0.15) is 0 Å². The van der Waals surface area contributed by atoms with Gasteiger partial charge in [0.2, 0.25) is 0 Å². The van der Waals surface area contributed by atoms with Crippen molar-refractivity contribution in [1.29, 1.82) is 5.26 Å². The monoisotopic (exact) mass is 356 g/mol. The molecular formula is C18H20N4O2S. The van der Waals surface area contributed by atoms with Crippen LogP contribution in [0.1, 0.15) is 35.5 Å². The Morgan fingerprint density at radius 3 is 2.68 bits per heavy atom. The average molecular weight is 356 g/mol. The van der Waals surface area contributed by atoms with Crippen LogP contribution in [0.25, 0.3) is 0 Å². The number of ether oxygens (including phenoxy) is 1. The van der Waals surface area contributed by atoms with Crippen molar-refractivity contribution in [2.24, 2.45) is 0 Å². The summed E-state index contributed by atoms with van der Waals surface area (Å²) in [7, 11) is 0. The topological polar surface area (TPSA) is 78.3 Å². The Balaban J connectivity index is 1.59. The van der Waals surface area contributed by atoms with Crippen LogP contribution in [0.2, 0.25) is 0 Å². The van der Waals surface area contributed by atoms with Gasteiger partial charge in [-0.15, -0.1) is 11.3 Å². The number of hydrogen-bond acceptors (Lipinski definition) is 6. The fourth-order valence-corrected chi connectivity index (χ4v) is 3.64. The van der Waals surface area contributed by atoms with E-state index in [1.807, 2.05) is 11.4 Å². The molecule has 1 aliphatic heterocycles. The number of anilines is 1. The lowest BCUT2D eigenvalue weighted by Gasteiger charge is -2.34. The van der Waals surface area contributed by atoms with Crippen molar-refractivity contribution in [3.63, 3.8) is 0 Å². The third-order valence-electron chi connectivity index (χ3n) is 3.93. The van der Waals surface area contributed by atoms with Crippen LogP contribution in [-0.2, 0) is 11.3 Å². The molecule has 0 radical (unpaired) electrons. The van der Waals surface area contributed by atoms with Crippen LogP contribution in [0, 0.1) is 11.3 Å². The number of carbonyl (C=O) groups excluding carboxylic acids is 1. The van der Waals surface area contributed by atoms with Crippen LogP contribution in [0.5, 0.6) is 0 Å². The fourth-order valence-electron chi connectivity index (χ4n) is 2.95. The van der Waals surface area contributed by atoms with Crippen LogP contribution >= 0.6 is 11.3 Å². The van der Waals surface area contributed by atoms with Crippen molar-refractivity contribution >= 4 is 22.4 Å².